The van der Waals surface area contributed by atoms with Gasteiger partial charge >= 0.3 is 29.2 Å². The number of H-pyrrole nitrogens is 1. The second-order valence-electron chi connectivity index (χ2n) is 5.43. The molecule has 2 rings (SSSR count). The van der Waals surface area contributed by atoms with Gasteiger partial charge in [-0.1, -0.05) is 12.2 Å². The van der Waals surface area contributed by atoms with E-state index in [-0.39, 0.29) is 0 Å². The standard InChI is InChI=1S/C9H13F2N2O12P3S/c10-5-1-4(23-8(5)13-2-6(11)7(29)12-9(13)14)3-22-27(18,19)25-28(20,21)24-26(15,16)17/h2,4-5,8H,1,3H2,(H,18,19)(H,20,21)(H,12,14,29)(H2,15,16,17)/t4-,5?,8+/m0/s1. The molecule has 3 unspecified atom stereocenters. The highest BCUT2D eigenvalue weighted by Crippen LogP contribution is 2.66. The molecule has 1 saturated heterocycles. The number of hydrogen-bond donors (Lipinski definition) is 5. The topological polar surface area (TPSA) is 207 Å². The van der Waals surface area contributed by atoms with E-state index in [1.165, 1.54) is 0 Å². The lowest BCUT2D eigenvalue weighted by molar-refractivity contribution is -0.0393. The van der Waals surface area contributed by atoms with E-state index in [4.69, 9.17) is 19.4 Å². The van der Waals surface area contributed by atoms with Crippen molar-refractivity contribution in [1.82, 2.24) is 9.55 Å². The maximum absolute atomic E-state index is 14.2. The van der Waals surface area contributed by atoms with Crippen LogP contribution in [0.3, 0.4) is 0 Å². The number of rotatable bonds is 8. The summed E-state index contributed by atoms with van der Waals surface area (Å²) in [6.07, 6.45) is -4.71. The predicted octanol–water partition coefficient (Wildman–Crippen LogP) is 1.01. The first-order valence-corrected chi connectivity index (χ1v) is 12.1. The van der Waals surface area contributed by atoms with E-state index < -0.39 is 71.1 Å². The fourth-order valence-electron chi connectivity index (χ4n) is 2.18. The van der Waals surface area contributed by atoms with E-state index in [1.54, 1.807) is 0 Å². The van der Waals surface area contributed by atoms with Crippen molar-refractivity contribution in [3.8, 4) is 0 Å². The molecule has 0 amide bonds. The second-order valence-corrected chi connectivity index (χ2v) is 10.3. The maximum Gasteiger partial charge on any atom is 0.490 e. The van der Waals surface area contributed by atoms with E-state index in [0.29, 0.717) is 10.8 Å². The summed E-state index contributed by atoms with van der Waals surface area (Å²) in [6, 6.07) is 0. The second kappa shape index (κ2) is 8.83. The molecule has 5 atom stereocenters. The minimum Gasteiger partial charge on any atom is -0.349 e. The number of ether oxygens (including phenoxy) is 1. The molecule has 0 aliphatic carbocycles. The van der Waals surface area contributed by atoms with Gasteiger partial charge in [0.2, 0.25) is 0 Å². The van der Waals surface area contributed by atoms with Gasteiger partial charge in [0.15, 0.2) is 12.0 Å². The molecule has 29 heavy (non-hydrogen) atoms. The highest BCUT2D eigenvalue weighted by molar-refractivity contribution is 7.71. The van der Waals surface area contributed by atoms with Crippen molar-refractivity contribution in [2.24, 2.45) is 0 Å². The molecule has 1 aromatic heterocycles. The molecule has 1 aromatic rings. The summed E-state index contributed by atoms with van der Waals surface area (Å²) in [5.74, 6) is -1.04. The Hall–Kier alpha value is -0.670. The van der Waals surface area contributed by atoms with Crippen LogP contribution in [0.15, 0.2) is 11.0 Å². The first kappa shape index (κ1) is 24.6. The predicted molar refractivity (Wildman–Crippen MR) is 89.1 cm³/mol. The lowest BCUT2D eigenvalue weighted by atomic mass is 10.2. The van der Waals surface area contributed by atoms with Gasteiger partial charge in [-0.2, -0.15) is 8.62 Å². The van der Waals surface area contributed by atoms with Crippen LogP contribution in [0.4, 0.5) is 8.78 Å². The van der Waals surface area contributed by atoms with E-state index in [1.807, 2.05) is 4.98 Å². The molecule has 14 nitrogen and oxygen atoms in total. The summed E-state index contributed by atoms with van der Waals surface area (Å²) >= 11 is 4.51. The van der Waals surface area contributed by atoms with Crippen LogP contribution in [0.1, 0.15) is 12.6 Å². The van der Waals surface area contributed by atoms with Gasteiger partial charge < -0.3 is 24.3 Å². The molecule has 0 bridgehead atoms. The van der Waals surface area contributed by atoms with E-state index in [9.17, 15) is 32.2 Å². The first-order valence-electron chi connectivity index (χ1n) is 7.17. The quantitative estimate of drug-likeness (QED) is 0.248. The third-order valence-corrected chi connectivity index (χ3v) is 7.27. The molecule has 1 aliphatic heterocycles. The summed E-state index contributed by atoms with van der Waals surface area (Å²) in [5, 5.41) is 0. The van der Waals surface area contributed by atoms with Crippen LogP contribution in [0.25, 0.3) is 0 Å². The van der Waals surface area contributed by atoms with Crippen molar-refractivity contribution in [2.45, 2.75) is 24.9 Å². The monoisotopic (exact) mass is 504 g/mol. The average Bonchev–Trinajstić information content (AvgIpc) is 2.86. The Kier molecular flexibility index (Phi) is 7.49. The number of halogens is 2. The molecule has 0 radical (unpaired) electrons. The highest BCUT2D eigenvalue weighted by atomic mass is 32.1. The highest BCUT2D eigenvalue weighted by Gasteiger charge is 2.43. The Balaban J connectivity index is 2.02. The van der Waals surface area contributed by atoms with E-state index in [2.05, 4.69) is 25.4 Å². The summed E-state index contributed by atoms with van der Waals surface area (Å²) in [4.78, 5) is 48.9. The van der Waals surface area contributed by atoms with Crippen molar-refractivity contribution in [1.29, 1.82) is 0 Å². The summed E-state index contributed by atoms with van der Waals surface area (Å²) in [7, 11) is -16.7. The summed E-state index contributed by atoms with van der Waals surface area (Å²) in [5.41, 5.74) is -0.988. The number of hydrogen-bond acceptors (Lipinski definition) is 9. The Labute approximate surface area is 164 Å². The van der Waals surface area contributed by atoms with Crippen LogP contribution >= 0.6 is 35.7 Å². The average molecular weight is 504 g/mol. The zero-order chi connectivity index (χ0) is 22.2. The van der Waals surface area contributed by atoms with Gasteiger partial charge in [-0.05, 0) is 0 Å². The fourth-order valence-corrected chi connectivity index (χ4v) is 5.37. The van der Waals surface area contributed by atoms with Gasteiger partial charge in [0.25, 0.3) is 0 Å². The summed E-state index contributed by atoms with van der Waals surface area (Å²) in [6.45, 7) is -0.916. The van der Waals surface area contributed by atoms with Gasteiger partial charge in [-0.25, -0.2) is 27.3 Å². The van der Waals surface area contributed by atoms with Crippen LogP contribution in [0.2, 0.25) is 0 Å². The minimum atomic E-state index is -5.70. The largest absolute Gasteiger partial charge is 0.490 e. The van der Waals surface area contributed by atoms with Crippen molar-refractivity contribution in [3.63, 3.8) is 0 Å². The molecule has 5 N–H and O–H groups in total. The molecular formula is C9H13F2N2O12P3S. The lowest BCUT2D eigenvalue weighted by Gasteiger charge is -2.18. The zero-order valence-electron chi connectivity index (χ0n) is 13.7. The third kappa shape index (κ3) is 7.21. The Morgan fingerprint density at radius 1 is 1.24 bits per heavy atom. The van der Waals surface area contributed by atoms with Crippen LogP contribution in [0, 0.1) is 10.5 Å². The number of nitrogens with one attached hydrogen (secondary N) is 1. The summed E-state index contributed by atoms with van der Waals surface area (Å²) < 4.78 is 77.5. The minimum absolute atomic E-state index is 0.496. The Morgan fingerprint density at radius 3 is 2.45 bits per heavy atom. The van der Waals surface area contributed by atoms with Crippen molar-refractivity contribution < 1.29 is 59.9 Å². The number of alkyl halides is 1. The lowest BCUT2D eigenvalue weighted by Crippen LogP contribution is -2.31. The zero-order valence-corrected chi connectivity index (χ0v) is 17.2. The fraction of sp³-hybridized carbons (Fsp3) is 0.556. The molecule has 1 aliphatic rings. The number of phosphoric acid groups is 3. The van der Waals surface area contributed by atoms with Gasteiger partial charge in [0.05, 0.1) is 18.9 Å². The normalized spacial score (nSPS) is 26.8. The molecule has 1 fully saturated rings. The molecule has 20 heteroatoms. The molecular weight excluding hydrogens is 491 g/mol. The number of nitrogens with zero attached hydrogens (tertiary/aromatic N) is 1. The molecule has 0 spiro atoms. The van der Waals surface area contributed by atoms with Gasteiger partial charge in [-0.3, -0.25) is 14.1 Å². The number of phosphoric ester groups is 1. The molecule has 166 valence electrons. The Bertz CT molecular complexity index is 1020. The van der Waals surface area contributed by atoms with Crippen LogP contribution in [0.5, 0.6) is 0 Å². The van der Waals surface area contributed by atoms with E-state index in [0.717, 1.165) is 0 Å². The maximum atomic E-state index is 14.2. The first-order chi connectivity index (χ1) is 13.1. The number of aromatic amines is 1. The molecule has 0 aromatic carbocycles. The number of aromatic nitrogens is 2. The molecule has 2 heterocycles. The van der Waals surface area contributed by atoms with Gasteiger partial charge in [-0.15, -0.1) is 0 Å². The smallest absolute Gasteiger partial charge is 0.349 e. The van der Waals surface area contributed by atoms with Crippen LogP contribution in [-0.2, 0) is 31.6 Å². The van der Waals surface area contributed by atoms with Crippen molar-refractivity contribution >= 4 is 35.7 Å². The van der Waals surface area contributed by atoms with Gasteiger partial charge in [0.1, 0.15) is 10.8 Å². The third-order valence-electron chi connectivity index (χ3n) is 3.17. The van der Waals surface area contributed by atoms with Crippen molar-refractivity contribution in [3.05, 3.63) is 27.1 Å². The Morgan fingerprint density at radius 2 is 1.86 bits per heavy atom. The van der Waals surface area contributed by atoms with E-state index >= 15 is 0 Å². The SMILES string of the molecule is O=c1[nH]c(=S)c(F)cn1[C@@H]1O[C@H](COP(=O)(O)OP(=O)(O)OP(=O)(O)O)CC1F. The van der Waals surface area contributed by atoms with Gasteiger partial charge in [0, 0.05) is 6.42 Å². The van der Waals surface area contributed by atoms with Crippen molar-refractivity contribution in [2.75, 3.05) is 6.61 Å². The van der Waals surface area contributed by atoms with Crippen LogP contribution < -0.4 is 5.69 Å². The molecule has 0 saturated carbocycles. The van der Waals surface area contributed by atoms with Crippen LogP contribution in [-0.4, -0.2) is 48.0 Å².